The molecule has 0 fully saturated rings. The van der Waals surface area contributed by atoms with E-state index in [1.807, 2.05) is 25.1 Å². The summed E-state index contributed by atoms with van der Waals surface area (Å²) < 4.78 is 15.5. The van der Waals surface area contributed by atoms with E-state index in [-0.39, 0.29) is 6.61 Å². The van der Waals surface area contributed by atoms with E-state index in [0.29, 0.717) is 28.2 Å². The van der Waals surface area contributed by atoms with Gasteiger partial charge in [-0.2, -0.15) is 0 Å². The van der Waals surface area contributed by atoms with E-state index in [1.54, 1.807) is 13.8 Å². The molecule has 0 radical (unpaired) electrons. The molecule has 6 heteroatoms. The van der Waals surface area contributed by atoms with Gasteiger partial charge in [0.15, 0.2) is 0 Å². The van der Waals surface area contributed by atoms with Crippen LogP contribution in [0.25, 0.3) is 11.0 Å². The number of hydrogen-bond donors (Lipinski definition) is 0. The lowest BCUT2D eigenvalue weighted by molar-refractivity contribution is 0.0471. The standard InChI is InChI=1S/C18H17NO5/c1-4-12-5-6-14-13(8-16(20)23-15(14)7-12)9-22-18(21)17-10(2)19-24-11(17)3/h5-8H,4,9H2,1-3H3. The van der Waals surface area contributed by atoms with Gasteiger partial charge in [0.1, 0.15) is 23.5 Å². The number of fused-ring (bicyclic) bond motifs is 1. The van der Waals surface area contributed by atoms with Crippen molar-refractivity contribution in [3.63, 3.8) is 0 Å². The molecule has 1 aromatic carbocycles. The fraction of sp³-hybridized carbons (Fsp3) is 0.278. The van der Waals surface area contributed by atoms with Crippen LogP contribution in [0, 0.1) is 13.8 Å². The van der Waals surface area contributed by atoms with Crippen molar-refractivity contribution < 1.29 is 18.5 Å². The Kier molecular flexibility index (Phi) is 4.20. The zero-order valence-electron chi connectivity index (χ0n) is 13.7. The van der Waals surface area contributed by atoms with Crippen LogP contribution in [0.1, 0.15) is 39.9 Å². The number of aryl methyl sites for hydroxylation is 3. The van der Waals surface area contributed by atoms with Crippen molar-refractivity contribution in [2.45, 2.75) is 33.8 Å². The molecule has 0 aliphatic heterocycles. The molecule has 0 spiro atoms. The second-order valence-electron chi connectivity index (χ2n) is 5.55. The van der Waals surface area contributed by atoms with Crippen molar-refractivity contribution in [1.29, 1.82) is 0 Å². The Labute approximate surface area is 138 Å². The topological polar surface area (TPSA) is 82.5 Å². The largest absolute Gasteiger partial charge is 0.457 e. The first-order chi connectivity index (χ1) is 11.5. The van der Waals surface area contributed by atoms with Crippen LogP contribution in [-0.4, -0.2) is 11.1 Å². The third-order valence-electron chi connectivity index (χ3n) is 3.90. The van der Waals surface area contributed by atoms with Gasteiger partial charge in [0.25, 0.3) is 0 Å². The zero-order valence-corrected chi connectivity index (χ0v) is 13.7. The van der Waals surface area contributed by atoms with Crippen LogP contribution in [0.4, 0.5) is 0 Å². The zero-order chi connectivity index (χ0) is 17.3. The highest BCUT2D eigenvalue weighted by atomic mass is 16.5. The molecule has 2 aromatic heterocycles. The van der Waals surface area contributed by atoms with Crippen LogP contribution in [0.3, 0.4) is 0 Å². The third-order valence-corrected chi connectivity index (χ3v) is 3.90. The minimum atomic E-state index is -0.530. The number of esters is 1. The maximum absolute atomic E-state index is 12.2. The molecule has 0 saturated heterocycles. The Morgan fingerprint density at radius 2 is 2.04 bits per heavy atom. The van der Waals surface area contributed by atoms with E-state index in [1.165, 1.54) is 6.07 Å². The first-order valence-corrected chi connectivity index (χ1v) is 7.65. The number of carbonyl (C=O) groups is 1. The molecule has 124 valence electrons. The van der Waals surface area contributed by atoms with E-state index < -0.39 is 11.6 Å². The summed E-state index contributed by atoms with van der Waals surface area (Å²) in [6.07, 6.45) is 0.838. The summed E-state index contributed by atoms with van der Waals surface area (Å²) in [4.78, 5) is 24.0. The summed E-state index contributed by atoms with van der Waals surface area (Å²) >= 11 is 0. The molecule has 2 heterocycles. The van der Waals surface area contributed by atoms with Gasteiger partial charge in [-0.15, -0.1) is 0 Å². The van der Waals surface area contributed by atoms with Gasteiger partial charge in [0, 0.05) is 17.0 Å². The molecule has 6 nitrogen and oxygen atoms in total. The quantitative estimate of drug-likeness (QED) is 0.540. The SMILES string of the molecule is CCc1ccc2c(COC(=O)c3c(C)noc3C)cc(=O)oc2c1. The average Bonchev–Trinajstić information content (AvgIpc) is 2.90. The molecule has 3 aromatic rings. The number of aromatic nitrogens is 1. The Morgan fingerprint density at radius 3 is 2.71 bits per heavy atom. The monoisotopic (exact) mass is 327 g/mol. The van der Waals surface area contributed by atoms with Crippen molar-refractivity contribution in [3.05, 3.63) is 62.8 Å². The average molecular weight is 327 g/mol. The number of carbonyl (C=O) groups excluding carboxylic acids is 1. The van der Waals surface area contributed by atoms with Gasteiger partial charge in [-0.05, 0) is 31.9 Å². The van der Waals surface area contributed by atoms with Crippen molar-refractivity contribution >= 4 is 16.9 Å². The Bertz CT molecular complexity index is 948. The van der Waals surface area contributed by atoms with E-state index >= 15 is 0 Å². The molecule has 3 rings (SSSR count). The molecule has 0 bridgehead atoms. The van der Waals surface area contributed by atoms with Crippen LogP contribution in [-0.2, 0) is 17.8 Å². The van der Waals surface area contributed by atoms with E-state index in [4.69, 9.17) is 13.7 Å². The Balaban J connectivity index is 1.90. The normalized spacial score (nSPS) is 11.0. The molecule has 0 unspecified atom stereocenters. The van der Waals surface area contributed by atoms with Crippen molar-refractivity contribution in [3.8, 4) is 0 Å². The molecule has 0 saturated carbocycles. The second kappa shape index (κ2) is 6.31. The third kappa shape index (κ3) is 2.95. The van der Waals surface area contributed by atoms with Gasteiger partial charge in [-0.1, -0.05) is 24.2 Å². The minimum Gasteiger partial charge on any atom is -0.457 e. The maximum Gasteiger partial charge on any atom is 0.344 e. The number of hydrogen-bond acceptors (Lipinski definition) is 6. The number of nitrogens with zero attached hydrogens (tertiary/aromatic N) is 1. The van der Waals surface area contributed by atoms with Crippen LogP contribution < -0.4 is 5.63 Å². The van der Waals surface area contributed by atoms with Crippen molar-refractivity contribution in [1.82, 2.24) is 5.16 Å². The van der Waals surface area contributed by atoms with Crippen molar-refractivity contribution in [2.75, 3.05) is 0 Å². The highest BCUT2D eigenvalue weighted by Gasteiger charge is 2.19. The minimum absolute atomic E-state index is 0.0313. The predicted octanol–water partition coefficient (Wildman–Crippen LogP) is 3.32. The lowest BCUT2D eigenvalue weighted by Crippen LogP contribution is -2.09. The first kappa shape index (κ1) is 16.0. The van der Waals surface area contributed by atoms with Gasteiger partial charge in [-0.25, -0.2) is 9.59 Å². The van der Waals surface area contributed by atoms with Gasteiger partial charge in [-0.3, -0.25) is 0 Å². The molecule has 0 N–H and O–H groups in total. The number of benzene rings is 1. The fourth-order valence-corrected chi connectivity index (χ4v) is 2.60. The van der Waals surface area contributed by atoms with Gasteiger partial charge >= 0.3 is 11.6 Å². The smallest absolute Gasteiger partial charge is 0.344 e. The molecule has 0 aliphatic carbocycles. The van der Waals surface area contributed by atoms with Crippen molar-refractivity contribution in [2.24, 2.45) is 0 Å². The molecule has 0 aliphatic rings. The molecular formula is C18H17NO5. The van der Waals surface area contributed by atoms with Crippen LogP contribution in [0.5, 0.6) is 0 Å². The van der Waals surface area contributed by atoms with E-state index in [2.05, 4.69) is 5.16 Å². The van der Waals surface area contributed by atoms with Crippen LogP contribution >= 0.6 is 0 Å². The summed E-state index contributed by atoms with van der Waals surface area (Å²) in [5.41, 5.74) is 2.47. The van der Waals surface area contributed by atoms with E-state index in [0.717, 1.165) is 17.4 Å². The lowest BCUT2D eigenvalue weighted by Gasteiger charge is -2.08. The molecule has 0 atom stereocenters. The lowest BCUT2D eigenvalue weighted by atomic mass is 10.1. The van der Waals surface area contributed by atoms with Crippen LogP contribution in [0.15, 0.2) is 38.0 Å². The predicted molar refractivity (Wildman–Crippen MR) is 87.0 cm³/mol. The summed E-state index contributed by atoms with van der Waals surface area (Å²) in [6, 6.07) is 7.00. The molecule has 0 amide bonds. The van der Waals surface area contributed by atoms with Crippen LogP contribution in [0.2, 0.25) is 0 Å². The Hall–Kier alpha value is -2.89. The van der Waals surface area contributed by atoms with Gasteiger partial charge in [0.2, 0.25) is 0 Å². The highest BCUT2D eigenvalue weighted by molar-refractivity contribution is 5.91. The second-order valence-corrected chi connectivity index (χ2v) is 5.55. The first-order valence-electron chi connectivity index (χ1n) is 7.65. The fourth-order valence-electron chi connectivity index (χ4n) is 2.60. The number of ether oxygens (including phenoxy) is 1. The summed E-state index contributed by atoms with van der Waals surface area (Å²) in [5.74, 6) is -0.125. The molecule has 24 heavy (non-hydrogen) atoms. The van der Waals surface area contributed by atoms with Gasteiger partial charge in [0.05, 0.1) is 5.69 Å². The highest BCUT2D eigenvalue weighted by Crippen LogP contribution is 2.21. The summed E-state index contributed by atoms with van der Waals surface area (Å²) in [5, 5.41) is 4.48. The summed E-state index contributed by atoms with van der Waals surface area (Å²) in [6.45, 7) is 5.31. The Morgan fingerprint density at radius 1 is 1.25 bits per heavy atom. The van der Waals surface area contributed by atoms with E-state index in [9.17, 15) is 9.59 Å². The molecular weight excluding hydrogens is 310 g/mol. The summed E-state index contributed by atoms with van der Waals surface area (Å²) in [7, 11) is 0. The number of rotatable bonds is 4. The maximum atomic E-state index is 12.2. The van der Waals surface area contributed by atoms with Gasteiger partial charge < -0.3 is 13.7 Å².